The van der Waals surface area contributed by atoms with Gasteiger partial charge in [0.25, 0.3) is 5.91 Å². The molecule has 4 rings (SSSR count). The normalized spacial score (nSPS) is 15.3. The molecule has 30 heavy (non-hydrogen) atoms. The van der Waals surface area contributed by atoms with Crippen LogP contribution in [0.25, 0.3) is 17.4 Å². The number of carbonyl (C=O) groups is 2. The number of furan rings is 1. The lowest BCUT2D eigenvalue weighted by Gasteiger charge is -2.15. The molecule has 0 atom stereocenters. The van der Waals surface area contributed by atoms with Crippen LogP contribution in [0.5, 0.6) is 0 Å². The standard InChI is InChI=1S/C23H18N2O4S/c1-13-7-8-15(11-14(13)2)25-21(26)20(30-23(25)24)12-16-9-10-19(29-16)17-5-3-4-6-18(17)22(27)28/h3-12,24H,1-2H3,(H,27,28)/p-1/b20-12-,24-23?. The third-order valence-corrected chi connectivity index (χ3v) is 5.77. The molecule has 1 N–H and O–H groups in total. The van der Waals surface area contributed by atoms with Gasteiger partial charge in [0.15, 0.2) is 5.17 Å². The predicted molar refractivity (Wildman–Crippen MR) is 115 cm³/mol. The molecule has 150 valence electrons. The zero-order chi connectivity index (χ0) is 21.4. The zero-order valence-corrected chi connectivity index (χ0v) is 17.1. The molecule has 0 aliphatic carbocycles. The molecule has 3 aromatic rings. The lowest BCUT2D eigenvalue weighted by atomic mass is 10.1. The van der Waals surface area contributed by atoms with E-state index in [1.165, 1.54) is 11.0 Å². The van der Waals surface area contributed by atoms with Crippen LogP contribution in [-0.4, -0.2) is 17.0 Å². The van der Waals surface area contributed by atoms with Crippen molar-refractivity contribution in [3.8, 4) is 11.3 Å². The first-order valence-electron chi connectivity index (χ1n) is 9.15. The predicted octanol–water partition coefficient (Wildman–Crippen LogP) is 3.98. The van der Waals surface area contributed by atoms with E-state index in [9.17, 15) is 14.7 Å². The average molecular weight is 417 g/mol. The van der Waals surface area contributed by atoms with Gasteiger partial charge in [-0.3, -0.25) is 15.1 Å². The number of carboxylic acid groups (broad SMARTS) is 1. The van der Waals surface area contributed by atoms with Gasteiger partial charge in [-0.05, 0) is 61.0 Å². The van der Waals surface area contributed by atoms with Crippen LogP contribution in [0.15, 0.2) is 63.9 Å². The van der Waals surface area contributed by atoms with Gasteiger partial charge in [-0.15, -0.1) is 0 Å². The third kappa shape index (κ3) is 3.55. The fraction of sp³-hybridized carbons (Fsp3) is 0.0870. The molecule has 1 aliphatic rings. The second kappa shape index (κ2) is 7.68. The van der Waals surface area contributed by atoms with E-state index in [0.717, 1.165) is 22.9 Å². The number of amidine groups is 1. The van der Waals surface area contributed by atoms with Crippen molar-refractivity contribution in [1.29, 1.82) is 5.41 Å². The van der Waals surface area contributed by atoms with Crippen molar-refractivity contribution in [3.63, 3.8) is 0 Å². The van der Waals surface area contributed by atoms with Crippen LogP contribution in [0.2, 0.25) is 0 Å². The van der Waals surface area contributed by atoms with Crippen LogP contribution in [0.4, 0.5) is 5.69 Å². The minimum absolute atomic E-state index is 0.0278. The average Bonchev–Trinajstić information content (AvgIpc) is 3.29. The number of nitrogens with one attached hydrogen (secondary N) is 1. The van der Waals surface area contributed by atoms with Crippen LogP contribution in [0.1, 0.15) is 27.2 Å². The maximum absolute atomic E-state index is 12.9. The molecule has 1 saturated heterocycles. The number of carbonyl (C=O) groups excluding carboxylic acids is 2. The Morgan fingerprint density at radius 3 is 2.60 bits per heavy atom. The Hall–Kier alpha value is -3.58. The number of rotatable bonds is 4. The number of aryl methyl sites for hydroxylation is 2. The Morgan fingerprint density at radius 2 is 1.87 bits per heavy atom. The van der Waals surface area contributed by atoms with Gasteiger partial charge in [0.05, 0.1) is 16.6 Å². The third-order valence-electron chi connectivity index (χ3n) is 4.88. The number of benzene rings is 2. The molecule has 0 unspecified atom stereocenters. The molecule has 0 bridgehead atoms. The number of carboxylic acids is 1. The summed E-state index contributed by atoms with van der Waals surface area (Å²) in [6.45, 7) is 3.95. The summed E-state index contributed by atoms with van der Waals surface area (Å²) < 4.78 is 5.76. The highest BCUT2D eigenvalue weighted by molar-refractivity contribution is 8.19. The minimum atomic E-state index is -1.29. The summed E-state index contributed by atoms with van der Waals surface area (Å²) in [7, 11) is 0. The summed E-state index contributed by atoms with van der Waals surface area (Å²) in [6, 6.07) is 15.3. The van der Waals surface area contributed by atoms with Crippen molar-refractivity contribution < 1.29 is 19.1 Å². The molecular weight excluding hydrogens is 400 g/mol. The molecule has 6 nitrogen and oxygen atoms in total. The second-order valence-corrected chi connectivity index (χ2v) is 7.89. The molecule has 0 saturated carbocycles. The van der Waals surface area contributed by atoms with E-state index < -0.39 is 5.97 Å². The maximum Gasteiger partial charge on any atom is 0.271 e. The molecular formula is C23H17N2O4S-. The highest BCUT2D eigenvalue weighted by Gasteiger charge is 2.34. The SMILES string of the molecule is Cc1ccc(N2C(=N)S/C(=C\c3ccc(-c4ccccc4C(=O)[O-])o3)C2=O)cc1C. The molecule has 7 heteroatoms. The van der Waals surface area contributed by atoms with Crippen molar-refractivity contribution >= 4 is 40.6 Å². The first kappa shape index (κ1) is 19.7. The minimum Gasteiger partial charge on any atom is -0.545 e. The number of nitrogens with zero attached hydrogens (tertiary/aromatic N) is 1. The molecule has 0 radical (unpaired) electrons. The Morgan fingerprint density at radius 1 is 1.10 bits per heavy atom. The molecule has 1 amide bonds. The summed E-state index contributed by atoms with van der Waals surface area (Å²) in [6.07, 6.45) is 1.56. The van der Waals surface area contributed by atoms with Crippen molar-refractivity contribution in [2.24, 2.45) is 0 Å². The smallest absolute Gasteiger partial charge is 0.271 e. The topological polar surface area (TPSA) is 97.4 Å². The second-order valence-electron chi connectivity index (χ2n) is 6.86. The van der Waals surface area contributed by atoms with Crippen LogP contribution in [0.3, 0.4) is 0 Å². The van der Waals surface area contributed by atoms with Gasteiger partial charge in [0, 0.05) is 17.2 Å². The van der Waals surface area contributed by atoms with Crippen LogP contribution in [0, 0.1) is 19.3 Å². The van der Waals surface area contributed by atoms with Gasteiger partial charge in [-0.1, -0.05) is 30.3 Å². The molecule has 1 fully saturated rings. The van der Waals surface area contributed by atoms with Crippen LogP contribution < -0.4 is 10.0 Å². The Balaban J connectivity index is 1.64. The van der Waals surface area contributed by atoms with E-state index in [1.54, 1.807) is 36.4 Å². The van der Waals surface area contributed by atoms with Crippen molar-refractivity contribution in [2.75, 3.05) is 4.90 Å². The van der Waals surface area contributed by atoms with Gasteiger partial charge in [-0.25, -0.2) is 0 Å². The van der Waals surface area contributed by atoms with Crippen molar-refractivity contribution in [2.45, 2.75) is 13.8 Å². The van der Waals surface area contributed by atoms with E-state index >= 15 is 0 Å². The van der Waals surface area contributed by atoms with E-state index in [-0.39, 0.29) is 16.6 Å². The molecule has 2 aromatic carbocycles. The van der Waals surface area contributed by atoms with Gasteiger partial charge in [0.1, 0.15) is 11.5 Å². The Kier molecular flexibility index (Phi) is 5.05. The summed E-state index contributed by atoms with van der Waals surface area (Å²) in [4.78, 5) is 26.0. The summed E-state index contributed by atoms with van der Waals surface area (Å²) in [5.74, 6) is -0.843. The highest BCUT2D eigenvalue weighted by atomic mass is 32.2. The Bertz CT molecular complexity index is 1230. The highest BCUT2D eigenvalue weighted by Crippen LogP contribution is 2.36. The van der Waals surface area contributed by atoms with E-state index in [0.29, 0.717) is 27.7 Å². The number of hydrogen-bond donors (Lipinski definition) is 1. The van der Waals surface area contributed by atoms with Gasteiger partial charge < -0.3 is 14.3 Å². The summed E-state index contributed by atoms with van der Waals surface area (Å²) in [5.41, 5.74) is 3.22. The lowest BCUT2D eigenvalue weighted by Crippen LogP contribution is -2.28. The number of anilines is 1. The quantitative estimate of drug-likeness (QED) is 0.648. The van der Waals surface area contributed by atoms with Crippen molar-refractivity contribution in [1.82, 2.24) is 0 Å². The van der Waals surface area contributed by atoms with E-state index in [4.69, 9.17) is 9.83 Å². The van der Waals surface area contributed by atoms with Crippen LogP contribution in [-0.2, 0) is 4.79 Å². The Labute approximate surface area is 177 Å². The number of thioether (sulfide) groups is 1. The fourth-order valence-corrected chi connectivity index (χ4v) is 4.01. The maximum atomic E-state index is 12.9. The summed E-state index contributed by atoms with van der Waals surface area (Å²) in [5, 5.41) is 19.7. The summed E-state index contributed by atoms with van der Waals surface area (Å²) >= 11 is 1.05. The van der Waals surface area contributed by atoms with Gasteiger partial charge in [-0.2, -0.15) is 0 Å². The fourth-order valence-electron chi connectivity index (χ4n) is 3.17. The largest absolute Gasteiger partial charge is 0.545 e. The van der Waals surface area contributed by atoms with Gasteiger partial charge >= 0.3 is 0 Å². The molecule has 2 heterocycles. The first-order valence-corrected chi connectivity index (χ1v) is 9.97. The van der Waals surface area contributed by atoms with Crippen molar-refractivity contribution in [3.05, 3.63) is 82.0 Å². The van der Waals surface area contributed by atoms with E-state index in [1.807, 2.05) is 32.0 Å². The first-order chi connectivity index (χ1) is 14.3. The molecule has 1 aliphatic heterocycles. The number of hydrogen-bond acceptors (Lipinski definition) is 6. The van der Waals surface area contributed by atoms with Gasteiger partial charge in [0.2, 0.25) is 0 Å². The lowest BCUT2D eigenvalue weighted by molar-refractivity contribution is -0.254. The molecule has 1 aromatic heterocycles. The molecule has 0 spiro atoms. The van der Waals surface area contributed by atoms with Crippen LogP contribution >= 0.6 is 11.8 Å². The monoisotopic (exact) mass is 417 g/mol. The van der Waals surface area contributed by atoms with E-state index in [2.05, 4.69) is 0 Å². The number of amides is 1. The zero-order valence-electron chi connectivity index (χ0n) is 16.3. The number of aromatic carboxylic acids is 1.